The number of nitrogens with one attached hydrogen (secondary N) is 2. The van der Waals surface area contributed by atoms with Crippen LogP contribution < -0.4 is 10.6 Å². The molecular weight excluding hydrogens is 465 g/mol. The molecule has 28 heavy (non-hydrogen) atoms. The molecule has 0 spiro atoms. The van der Waals surface area contributed by atoms with Crippen LogP contribution in [0.2, 0.25) is 0 Å². The van der Waals surface area contributed by atoms with E-state index in [0.717, 1.165) is 64.0 Å². The lowest BCUT2D eigenvalue weighted by atomic mass is 9.87. The van der Waals surface area contributed by atoms with Crippen LogP contribution in [0, 0.1) is 11.8 Å². The number of rotatable bonds is 5. The molecule has 0 aromatic carbocycles. The summed E-state index contributed by atoms with van der Waals surface area (Å²) in [5.74, 6) is 2.48. The van der Waals surface area contributed by atoms with Gasteiger partial charge in [-0.3, -0.25) is 14.7 Å². The summed E-state index contributed by atoms with van der Waals surface area (Å²) in [5, 5.41) is 7.07. The lowest BCUT2D eigenvalue weighted by Gasteiger charge is -2.36. The van der Waals surface area contributed by atoms with E-state index in [2.05, 4.69) is 32.3 Å². The van der Waals surface area contributed by atoms with E-state index in [1.165, 1.54) is 38.5 Å². The Labute approximate surface area is 188 Å². The average molecular weight is 505 g/mol. The Balaban J connectivity index is 0.00000280. The quantitative estimate of drug-likeness (QED) is 0.343. The Morgan fingerprint density at radius 2 is 1.75 bits per heavy atom. The molecule has 0 radical (unpaired) electrons. The molecule has 1 amide bonds. The predicted molar refractivity (Wildman–Crippen MR) is 126 cm³/mol. The van der Waals surface area contributed by atoms with Crippen LogP contribution >= 0.6 is 24.0 Å². The van der Waals surface area contributed by atoms with Crippen molar-refractivity contribution in [1.82, 2.24) is 20.4 Å². The molecule has 2 N–H and O–H groups in total. The number of hydrogen-bond acceptors (Lipinski definition) is 3. The Bertz CT molecular complexity index is 501. The van der Waals surface area contributed by atoms with Gasteiger partial charge in [0.05, 0.1) is 0 Å². The number of hydrogen-bond donors (Lipinski definition) is 2. The second kappa shape index (κ2) is 12.2. The smallest absolute Gasteiger partial charge is 0.225 e. The van der Waals surface area contributed by atoms with Crippen molar-refractivity contribution >= 4 is 35.8 Å². The molecule has 6 nitrogen and oxygen atoms in total. The normalized spacial score (nSPS) is 27.4. The molecule has 2 saturated carbocycles. The molecular formula is C21H40IN5O. The molecule has 3 aliphatic rings. The first-order chi connectivity index (χ1) is 13.2. The fourth-order valence-electron chi connectivity index (χ4n) is 4.91. The number of halogens is 1. The molecule has 2 aliphatic carbocycles. The molecule has 3 fully saturated rings. The maximum Gasteiger partial charge on any atom is 0.225 e. The summed E-state index contributed by atoms with van der Waals surface area (Å²) in [7, 11) is 1.86. The van der Waals surface area contributed by atoms with Crippen LogP contribution in [0.15, 0.2) is 4.99 Å². The number of piperazine rings is 1. The third-order valence-corrected chi connectivity index (χ3v) is 6.61. The molecule has 2 unspecified atom stereocenters. The van der Waals surface area contributed by atoms with E-state index in [1.807, 2.05) is 7.05 Å². The van der Waals surface area contributed by atoms with Gasteiger partial charge in [-0.1, -0.05) is 32.6 Å². The second-order valence-electron chi connectivity index (χ2n) is 8.76. The molecule has 0 aromatic heterocycles. The lowest BCUT2D eigenvalue weighted by Crippen LogP contribution is -2.52. The first-order valence-corrected chi connectivity index (χ1v) is 11.1. The summed E-state index contributed by atoms with van der Waals surface area (Å²) in [4.78, 5) is 21.5. The van der Waals surface area contributed by atoms with Crippen LogP contribution in [0.25, 0.3) is 0 Å². The number of nitrogens with zero attached hydrogens (tertiary/aromatic N) is 3. The standard InChI is InChI=1S/C21H39N5O.HI/c1-17-6-5-9-19(16-17)24-21(22-2)23-10-11-25-12-14-26(15-13-25)20(27)18-7-3-4-8-18;/h17-19H,3-16H2,1-2H3,(H2,22,23,24);1H. The van der Waals surface area contributed by atoms with Gasteiger partial charge in [0.25, 0.3) is 0 Å². The van der Waals surface area contributed by atoms with Gasteiger partial charge in [-0.15, -0.1) is 24.0 Å². The summed E-state index contributed by atoms with van der Waals surface area (Å²) in [6, 6.07) is 0.560. The molecule has 1 heterocycles. The van der Waals surface area contributed by atoms with E-state index in [9.17, 15) is 4.79 Å². The van der Waals surface area contributed by atoms with Crippen LogP contribution in [-0.2, 0) is 4.79 Å². The Kier molecular flexibility index (Phi) is 10.3. The van der Waals surface area contributed by atoms with Gasteiger partial charge < -0.3 is 15.5 Å². The number of amides is 1. The van der Waals surface area contributed by atoms with Crippen molar-refractivity contribution in [2.24, 2.45) is 16.8 Å². The fraction of sp³-hybridized carbons (Fsp3) is 0.905. The predicted octanol–water partition coefficient (Wildman–Crippen LogP) is 2.68. The maximum atomic E-state index is 12.5. The number of carbonyl (C=O) groups is 1. The molecule has 162 valence electrons. The summed E-state index contributed by atoms with van der Waals surface area (Å²) in [6.45, 7) is 8.02. The van der Waals surface area contributed by atoms with E-state index in [4.69, 9.17) is 0 Å². The van der Waals surface area contributed by atoms with Crippen molar-refractivity contribution in [3.8, 4) is 0 Å². The maximum absolute atomic E-state index is 12.5. The Morgan fingerprint density at radius 3 is 2.39 bits per heavy atom. The summed E-state index contributed by atoms with van der Waals surface area (Å²) in [6.07, 6.45) is 9.86. The van der Waals surface area contributed by atoms with E-state index in [-0.39, 0.29) is 24.0 Å². The van der Waals surface area contributed by atoms with E-state index < -0.39 is 0 Å². The third-order valence-electron chi connectivity index (χ3n) is 6.61. The highest BCUT2D eigenvalue weighted by Crippen LogP contribution is 2.27. The van der Waals surface area contributed by atoms with Gasteiger partial charge in [0.1, 0.15) is 0 Å². The van der Waals surface area contributed by atoms with Crippen LogP contribution in [0.5, 0.6) is 0 Å². The van der Waals surface area contributed by atoms with E-state index >= 15 is 0 Å². The highest BCUT2D eigenvalue weighted by Gasteiger charge is 2.29. The number of aliphatic imine (C=N–C) groups is 1. The minimum absolute atomic E-state index is 0. The molecule has 0 bridgehead atoms. The van der Waals surface area contributed by atoms with Crippen molar-refractivity contribution in [2.75, 3.05) is 46.3 Å². The summed E-state index contributed by atoms with van der Waals surface area (Å²) in [5.41, 5.74) is 0. The highest BCUT2D eigenvalue weighted by atomic mass is 127. The SMILES string of the molecule is CN=C(NCCN1CCN(C(=O)C2CCCC2)CC1)NC1CCCC(C)C1.I. The van der Waals surface area contributed by atoms with Crippen LogP contribution in [0.1, 0.15) is 58.3 Å². The van der Waals surface area contributed by atoms with E-state index in [1.54, 1.807) is 0 Å². The fourth-order valence-corrected chi connectivity index (χ4v) is 4.91. The minimum atomic E-state index is 0. The summed E-state index contributed by atoms with van der Waals surface area (Å²) >= 11 is 0. The average Bonchev–Trinajstić information content (AvgIpc) is 3.22. The zero-order valence-electron chi connectivity index (χ0n) is 17.8. The molecule has 2 atom stereocenters. The first-order valence-electron chi connectivity index (χ1n) is 11.1. The molecule has 3 rings (SSSR count). The monoisotopic (exact) mass is 505 g/mol. The zero-order valence-corrected chi connectivity index (χ0v) is 20.1. The van der Waals surface area contributed by atoms with Crippen molar-refractivity contribution in [2.45, 2.75) is 64.3 Å². The Hall–Kier alpha value is -0.570. The van der Waals surface area contributed by atoms with Gasteiger partial charge in [-0.2, -0.15) is 0 Å². The second-order valence-corrected chi connectivity index (χ2v) is 8.76. The van der Waals surface area contributed by atoms with Gasteiger partial charge in [0, 0.05) is 58.3 Å². The summed E-state index contributed by atoms with van der Waals surface area (Å²) < 4.78 is 0. The molecule has 1 saturated heterocycles. The van der Waals surface area contributed by atoms with Crippen molar-refractivity contribution in [3.05, 3.63) is 0 Å². The van der Waals surface area contributed by atoms with Crippen molar-refractivity contribution in [3.63, 3.8) is 0 Å². The zero-order chi connectivity index (χ0) is 19.1. The van der Waals surface area contributed by atoms with Gasteiger partial charge in [-0.25, -0.2) is 0 Å². The molecule has 0 aromatic rings. The van der Waals surface area contributed by atoms with Gasteiger partial charge in [0.15, 0.2) is 5.96 Å². The van der Waals surface area contributed by atoms with Gasteiger partial charge in [0.2, 0.25) is 5.91 Å². The number of carbonyl (C=O) groups excluding carboxylic acids is 1. The van der Waals surface area contributed by atoms with Crippen LogP contribution in [-0.4, -0.2) is 74.0 Å². The van der Waals surface area contributed by atoms with Gasteiger partial charge >= 0.3 is 0 Å². The third kappa shape index (κ3) is 7.04. The van der Waals surface area contributed by atoms with Crippen molar-refractivity contribution in [1.29, 1.82) is 0 Å². The van der Waals surface area contributed by atoms with Crippen molar-refractivity contribution < 1.29 is 4.79 Å². The largest absolute Gasteiger partial charge is 0.355 e. The highest BCUT2D eigenvalue weighted by molar-refractivity contribution is 14.0. The first kappa shape index (κ1) is 23.7. The van der Waals surface area contributed by atoms with Crippen LogP contribution in [0.4, 0.5) is 0 Å². The van der Waals surface area contributed by atoms with Crippen LogP contribution in [0.3, 0.4) is 0 Å². The Morgan fingerprint density at radius 1 is 1.04 bits per heavy atom. The number of guanidine groups is 1. The molecule has 7 heteroatoms. The minimum Gasteiger partial charge on any atom is -0.355 e. The lowest BCUT2D eigenvalue weighted by molar-refractivity contribution is -0.137. The van der Waals surface area contributed by atoms with Gasteiger partial charge in [-0.05, 0) is 31.6 Å². The van der Waals surface area contributed by atoms with E-state index in [0.29, 0.717) is 17.9 Å². The topological polar surface area (TPSA) is 60.0 Å². The molecule has 1 aliphatic heterocycles.